The largest absolute Gasteiger partial charge is 0.456 e. The maximum atomic E-state index is 14.2. The highest BCUT2D eigenvalue weighted by Gasteiger charge is 2.11. The number of hydrogen-bond acceptors (Lipinski definition) is 2. The van der Waals surface area contributed by atoms with Crippen molar-refractivity contribution in [2.24, 2.45) is 0 Å². The molecular formula is C17H16FNO. The number of rotatable bonds is 3. The fourth-order valence-electron chi connectivity index (χ4n) is 2.37. The van der Waals surface area contributed by atoms with Crippen molar-refractivity contribution in [1.29, 1.82) is 0 Å². The van der Waals surface area contributed by atoms with Crippen molar-refractivity contribution in [3.8, 4) is 11.3 Å². The summed E-state index contributed by atoms with van der Waals surface area (Å²) in [5.41, 5.74) is 3.36. The fraction of sp³-hybridized carbons (Fsp3) is 0.176. The first-order valence-electron chi connectivity index (χ1n) is 6.61. The molecule has 0 spiro atoms. The van der Waals surface area contributed by atoms with Crippen molar-refractivity contribution >= 4 is 11.0 Å². The quantitative estimate of drug-likeness (QED) is 0.768. The molecule has 0 aliphatic heterocycles. The molecule has 102 valence electrons. The summed E-state index contributed by atoms with van der Waals surface area (Å²) in [5, 5.41) is 4.01. The summed E-state index contributed by atoms with van der Waals surface area (Å²) in [6.07, 6.45) is 0. The van der Waals surface area contributed by atoms with Crippen LogP contribution in [0.4, 0.5) is 4.39 Å². The van der Waals surface area contributed by atoms with Gasteiger partial charge in [0.05, 0.1) is 5.56 Å². The molecule has 3 aromatic rings. The Balaban J connectivity index is 2.06. The van der Waals surface area contributed by atoms with E-state index in [1.807, 2.05) is 44.3 Å². The molecule has 2 nitrogen and oxygen atoms in total. The zero-order valence-electron chi connectivity index (χ0n) is 11.5. The number of hydrogen-bond donors (Lipinski definition) is 1. The SMILES string of the molecule is CNCc1ccc(-c2cc3cc(C)ccc3o2)c(F)c1. The van der Waals surface area contributed by atoms with Crippen LogP contribution in [0.3, 0.4) is 0 Å². The molecule has 20 heavy (non-hydrogen) atoms. The summed E-state index contributed by atoms with van der Waals surface area (Å²) < 4.78 is 19.9. The van der Waals surface area contributed by atoms with Crippen molar-refractivity contribution in [3.63, 3.8) is 0 Å². The van der Waals surface area contributed by atoms with E-state index in [9.17, 15) is 4.39 Å². The Morgan fingerprint density at radius 3 is 2.70 bits per heavy atom. The Kier molecular flexibility index (Phi) is 3.28. The molecule has 2 aromatic carbocycles. The lowest BCUT2D eigenvalue weighted by atomic mass is 10.1. The third-order valence-electron chi connectivity index (χ3n) is 3.35. The van der Waals surface area contributed by atoms with Crippen LogP contribution in [0.2, 0.25) is 0 Å². The molecule has 0 atom stereocenters. The van der Waals surface area contributed by atoms with Gasteiger partial charge in [-0.15, -0.1) is 0 Å². The monoisotopic (exact) mass is 269 g/mol. The van der Waals surface area contributed by atoms with Crippen molar-refractivity contribution in [2.45, 2.75) is 13.5 Å². The highest BCUT2D eigenvalue weighted by molar-refractivity contribution is 5.83. The summed E-state index contributed by atoms with van der Waals surface area (Å²) >= 11 is 0. The second-order valence-electron chi connectivity index (χ2n) is 5.00. The van der Waals surface area contributed by atoms with Crippen LogP contribution in [0.1, 0.15) is 11.1 Å². The maximum Gasteiger partial charge on any atom is 0.138 e. The standard InChI is InChI=1S/C17H16FNO/c1-11-3-6-16-13(7-11)9-17(20-16)14-5-4-12(10-19-2)8-15(14)18/h3-9,19H,10H2,1-2H3. The van der Waals surface area contributed by atoms with E-state index in [2.05, 4.69) is 5.32 Å². The van der Waals surface area contributed by atoms with Gasteiger partial charge in [-0.1, -0.05) is 17.7 Å². The van der Waals surface area contributed by atoms with Gasteiger partial charge in [-0.3, -0.25) is 0 Å². The van der Waals surface area contributed by atoms with Gasteiger partial charge in [0.1, 0.15) is 17.2 Å². The van der Waals surface area contributed by atoms with Crippen LogP contribution < -0.4 is 5.32 Å². The molecule has 1 aromatic heterocycles. The minimum atomic E-state index is -0.256. The first-order valence-corrected chi connectivity index (χ1v) is 6.61. The van der Waals surface area contributed by atoms with E-state index < -0.39 is 0 Å². The van der Waals surface area contributed by atoms with Gasteiger partial charge < -0.3 is 9.73 Å². The van der Waals surface area contributed by atoms with Crippen molar-refractivity contribution in [1.82, 2.24) is 5.32 Å². The average molecular weight is 269 g/mol. The normalized spacial score (nSPS) is 11.2. The fourth-order valence-corrected chi connectivity index (χ4v) is 2.37. The van der Waals surface area contributed by atoms with E-state index in [1.165, 1.54) is 0 Å². The van der Waals surface area contributed by atoms with Gasteiger partial charge in [0.15, 0.2) is 0 Å². The molecule has 1 N–H and O–H groups in total. The lowest BCUT2D eigenvalue weighted by Gasteiger charge is -2.03. The average Bonchev–Trinajstić information content (AvgIpc) is 2.81. The van der Waals surface area contributed by atoms with Gasteiger partial charge in [0, 0.05) is 11.9 Å². The highest BCUT2D eigenvalue weighted by Crippen LogP contribution is 2.30. The van der Waals surface area contributed by atoms with Crippen LogP contribution in [0, 0.1) is 12.7 Å². The number of fused-ring (bicyclic) bond motifs is 1. The van der Waals surface area contributed by atoms with E-state index in [-0.39, 0.29) is 5.82 Å². The van der Waals surface area contributed by atoms with E-state index >= 15 is 0 Å². The zero-order chi connectivity index (χ0) is 14.1. The van der Waals surface area contributed by atoms with Gasteiger partial charge >= 0.3 is 0 Å². The van der Waals surface area contributed by atoms with Gasteiger partial charge in [0.25, 0.3) is 0 Å². The molecule has 0 bridgehead atoms. The predicted octanol–water partition coefficient (Wildman–Crippen LogP) is 4.27. The van der Waals surface area contributed by atoms with Crippen LogP contribution in [0.25, 0.3) is 22.3 Å². The molecule has 0 aliphatic carbocycles. The van der Waals surface area contributed by atoms with Crippen LogP contribution in [0.15, 0.2) is 46.9 Å². The number of benzene rings is 2. The maximum absolute atomic E-state index is 14.2. The van der Waals surface area contributed by atoms with Crippen molar-refractivity contribution < 1.29 is 8.81 Å². The Morgan fingerprint density at radius 1 is 1.10 bits per heavy atom. The van der Waals surface area contributed by atoms with Crippen LogP contribution in [0.5, 0.6) is 0 Å². The molecule has 0 amide bonds. The summed E-state index contributed by atoms with van der Waals surface area (Å²) in [7, 11) is 1.84. The molecule has 3 rings (SSSR count). The highest BCUT2D eigenvalue weighted by atomic mass is 19.1. The molecule has 0 unspecified atom stereocenters. The molecule has 0 saturated heterocycles. The second-order valence-corrected chi connectivity index (χ2v) is 5.00. The Labute approximate surface area is 117 Å². The first-order chi connectivity index (χ1) is 9.67. The molecule has 0 radical (unpaired) electrons. The minimum Gasteiger partial charge on any atom is -0.456 e. The molecule has 1 heterocycles. The third-order valence-corrected chi connectivity index (χ3v) is 3.35. The first kappa shape index (κ1) is 12.9. The van der Waals surface area contributed by atoms with Gasteiger partial charge in [-0.05, 0) is 49.9 Å². The summed E-state index contributed by atoms with van der Waals surface area (Å²) in [6.45, 7) is 2.68. The number of halogens is 1. The lowest BCUT2D eigenvalue weighted by Crippen LogP contribution is -2.05. The number of furan rings is 1. The smallest absolute Gasteiger partial charge is 0.138 e. The lowest BCUT2D eigenvalue weighted by molar-refractivity contribution is 0.599. The molecule has 0 fully saturated rings. The minimum absolute atomic E-state index is 0.256. The molecule has 0 aliphatic rings. The van der Waals surface area contributed by atoms with E-state index in [1.54, 1.807) is 12.1 Å². The van der Waals surface area contributed by atoms with Gasteiger partial charge in [-0.25, -0.2) is 4.39 Å². The van der Waals surface area contributed by atoms with Gasteiger partial charge in [0.2, 0.25) is 0 Å². The van der Waals surface area contributed by atoms with Crippen LogP contribution >= 0.6 is 0 Å². The zero-order valence-corrected chi connectivity index (χ0v) is 11.5. The van der Waals surface area contributed by atoms with Crippen molar-refractivity contribution in [2.75, 3.05) is 7.05 Å². The Hall–Kier alpha value is -2.13. The van der Waals surface area contributed by atoms with E-state index in [0.29, 0.717) is 17.9 Å². The predicted molar refractivity (Wildman–Crippen MR) is 79.1 cm³/mol. The van der Waals surface area contributed by atoms with E-state index in [0.717, 1.165) is 22.1 Å². The topological polar surface area (TPSA) is 25.2 Å². The summed E-state index contributed by atoms with van der Waals surface area (Å²) in [4.78, 5) is 0. The van der Waals surface area contributed by atoms with Gasteiger partial charge in [-0.2, -0.15) is 0 Å². The van der Waals surface area contributed by atoms with E-state index in [4.69, 9.17) is 4.42 Å². The Morgan fingerprint density at radius 2 is 1.95 bits per heavy atom. The second kappa shape index (κ2) is 5.10. The number of nitrogens with one attached hydrogen (secondary N) is 1. The summed E-state index contributed by atoms with van der Waals surface area (Å²) in [6, 6.07) is 13.1. The summed E-state index contributed by atoms with van der Waals surface area (Å²) in [5.74, 6) is 0.313. The van der Waals surface area contributed by atoms with Crippen LogP contribution in [-0.4, -0.2) is 7.05 Å². The van der Waals surface area contributed by atoms with Crippen LogP contribution in [-0.2, 0) is 6.54 Å². The van der Waals surface area contributed by atoms with Crippen molar-refractivity contribution in [3.05, 3.63) is 59.4 Å². The molecule has 0 saturated carbocycles. The molecule has 3 heteroatoms. The third kappa shape index (κ3) is 2.32. The Bertz CT molecular complexity index is 761. The number of aryl methyl sites for hydroxylation is 1. The molecular weight excluding hydrogens is 253 g/mol.